The number of amides is 1. The maximum atomic E-state index is 12.3. The van der Waals surface area contributed by atoms with E-state index in [1.54, 1.807) is 30.1 Å². The van der Waals surface area contributed by atoms with Crippen molar-refractivity contribution in [1.29, 1.82) is 0 Å². The number of nitrogens with zero attached hydrogens (tertiary/aromatic N) is 6. The Morgan fingerprint density at radius 2 is 2.17 bits per heavy atom. The number of para-hydroxylation sites is 2. The lowest BCUT2D eigenvalue weighted by atomic mass is 10.2. The van der Waals surface area contributed by atoms with E-state index in [4.69, 9.17) is 9.26 Å². The smallest absolute Gasteiger partial charge is 0.237 e. The highest BCUT2D eigenvalue weighted by atomic mass is 32.2. The SMILES string of the molecule is COc1ccccc1NC(=O)Cc1noc(CSc2ncnc3c2cnn3C)n1. The van der Waals surface area contributed by atoms with Crippen LogP contribution in [0.15, 0.2) is 46.3 Å². The second-order valence-electron chi connectivity index (χ2n) is 6.00. The van der Waals surface area contributed by atoms with Gasteiger partial charge in [0.15, 0.2) is 11.5 Å². The molecule has 0 radical (unpaired) electrons. The third kappa shape index (κ3) is 4.19. The lowest BCUT2D eigenvalue weighted by molar-refractivity contribution is -0.115. The van der Waals surface area contributed by atoms with Gasteiger partial charge in [0.1, 0.15) is 17.1 Å². The van der Waals surface area contributed by atoms with Crippen LogP contribution >= 0.6 is 11.8 Å². The summed E-state index contributed by atoms with van der Waals surface area (Å²) in [7, 11) is 3.37. The highest BCUT2D eigenvalue weighted by Gasteiger charge is 2.14. The van der Waals surface area contributed by atoms with E-state index in [0.29, 0.717) is 28.9 Å². The van der Waals surface area contributed by atoms with Crippen molar-refractivity contribution >= 4 is 34.4 Å². The first-order chi connectivity index (χ1) is 14.1. The average molecular weight is 411 g/mol. The van der Waals surface area contributed by atoms with Crippen LogP contribution in [0.4, 0.5) is 5.69 Å². The number of hydrogen-bond acceptors (Lipinski definition) is 9. The lowest BCUT2D eigenvalue weighted by Crippen LogP contribution is -2.15. The van der Waals surface area contributed by atoms with Crippen molar-refractivity contribution in [3.63, 3.8) is 0 Å². The summed E-state index contributed by atoms with van der Waals surface area (Å²) >= 11 is 1.44. The third-order valence-electron chi connectivity index (χ3n) is 4.04. The summed E-state index contributed by atoms with van der Waals surface area (Å²) in [5.74, 6) is 1.45. The van der Waals surface area contributed by atoms with Crippen molar-refractivity contribution in [3.8, 4) is 5.75 Å². The Kier molecular flexibility index (Phi) is 5.38. The van der Waals surface area contributed by atoms with E-state index < -0.39 is 0 Å². The normalized spacial score (nSPS) is 11.0. The molecule has 1 aromatic carbocycles. The van der Waals surface area contributed by atoms with Crippen LogP contribution in [-0.4, -0.2) is 42.9 Å². The molecule has 0 fully saturated rings. The van der Waals surface area contributed by atoms with Crippen LogP contribution in [0.3, 0.4) is 0 Å². The van der Waals surface area contributed by atoms with Crippen LogP contribution in [-0.2, 0) is 24.0 Å². The van der Waals surface area contributed by atoms with E-state index in [9.17, 15) is 4.79 Å². The predicted octanol–water partition coefficient (Wildman–Crippen LogP) is 2.23. The Labute approximate surface area is 169 Å². The molecule has 1 amide bonds. The highest BCUT2D eigenvalue weighted by molar-refractivity contribution is 7.98. The average Bonchev–Trinajstić information content (AvgIpc) is 3.33. The molecule has 0 unspecified atom stereocenters. The Morgan fingerprint density at radius 1 is 1.31 bits per heavy atom. The number of carbonyl (C=O) groups excluding carboxylic acids is 1. The van der Waals surface area contributed by atoms with Gasteiger partial charge in [-0.25, -0.2) is 9.97 Å². The summed E-state index contributed by atoms with van der Waals surface area (Å²) in [6.45, 7) is 0. The minimum atomic E-state index is -0.262. The van der Waals surface area contributed by atoms with Gasteiger partial charge >= 0.3 is 0 Å². The van der Waals surface area contributed by atoms with Crippen LogP contribution in [0.2, 0.25) is 0 Å². The van der Waals surface area contributed by atoms with Gasteiger partial charge in [-0.3, -0.25) is 9.48 Å². The number of carbonyl (C=O) groups is 1. The maximum Gasteiger partial charge on any atom is 0.237 e. The van der Waals surface area contributed by atoms with E-state index in [1.807, 2.05) is 19.2 Å². The Morgan fingerprint density at radius 3 is 3.03 bits per heavy atom. The largest absolute Gasteiger partial charge is 0.495 e. The topological polar surface area (TPSA) is 121 Å². The Bertz CT molecular complexity index is 1160. The number of benzene rings is 1. The summed E-state index contributed by atoms with van der Waals surface area (Å²) in [4.78, 5) is 25.0. The van der Waals surface area contributed by atoms with E-state index in [0.717, 1.165) is 16.1 Å². The van der Waals surface area contributed by atoms with Gasteiger partial charge in [-0.15, -0.1) is 0 Å². The summed E-state index contributed by atoms with van der Waals surface area (Å²) in [5.41, 5.74) is 1.34. The molecule has 11 heteroatoms. The molecule has 0 aliphatic heterocycles. The van der Waals surface area contributed by atoms with Crippen molar-refractivity contribution in [1.82, 2.24) is 29.9 Å². The number of hydrogen-bond donors (Lipinski definition) is 1. The van der Waals surface area contributed by atoms with Crippen molar-refractivity contribution in [2.24, 2.45) is 7.05 Å². The quantitative estimate of drug-likeness (QED) is 0.360. The lowest BCUT2D eigenvalue weighted by Gasteiger charge is -2.08. The summed E-state index contributed by atoms with van der Waals surface area (Å²) < 4.78 is 12.2. The standard InChI is InChI=1S/C18H17N7O3S/c1-25-17-11(8-21-25)18(20-10-19-17)29-9-16-23-14(24-28-16)7-15(26)22-12-5-3-4-6-13(12)27-2/h3-6,8,10H,7,9H2,1-2H3,(H,22,26). The van der Waals surface area contributed by atoms with Gasteiger partial charge in [0, 0.05) is 7.05 Å². The first-order valence-corrected chi connectivity index (χ1v) is 9.62. The van der Waals surface area contributed by atoms with Gasteiger partial charge in [0.25, 0.3) is 0 Å². The van der Waals surface area contributed by atoms with E-state index in [1.165, 1.54) is 18.1 Å². The molecule has 0 aliphatic rings. The fraction of sp³-hybridized carbons (Fsp3) is 0.222. The molecule has 0 bridgehead atoms. The van der Waals surface area contributed by atoms with Crippen LogP contribution in [0.1, 0.15) is 11.7 Å². The number of methoxy groups -OCH3 is 1. The molecule has 0 atom stereocenters. The van der Waals surface area contributed by atoms with Gasteiger partial charge in [-0.05, 0) is 12.1 Å². The molecule has 4 rings (SSSR count). The molecule has 4 aromatic rings. The van der Waals surface area contributed by atoms with Crippen LogP contribution in [0.5, 0.6) is 5.75 Å². The van der Waals surface area contributed by atoms with E-state index in [2.05, 4.69) is 30.5 Å². The molecular weight excluding hydrogens is 394 g/mol. The Balaban J connectivity index is 1.37. The predicted molar refractivity (Wildman–Crippen MR) is 105 cm³/mol. The molecule has 148 valence electrons. The number of aryl methyl sites for hydroxylation is 1. The second-order valence-corrected chi connectivity index (χ2v) is 6.97. The van der Waals surface area contributed by atoms with Gasteiger partial charge in [-0.2, -0.15) is 10.1 Å². The van der Waals surface area contributed by atoms with Crippen molar-refractivity contribution in [2.75, 3.05) is 12.4 Å². The molecule has 3 aromatic heterocycles. The zero-order valence-electron chi connectivity index (χ0n) is 15.7. The first kappa shape index (κ1) is 18.9. The fourth-order valence-electron chi connectivity index (χ4n) is 2.69. The highest BCUT2D eigenvalue weighted by Crippen LogP contribution is 2.26. The number of nitrogens with one attached hydrogen (secondary N) is 1. The van der Waals surface area contributed by atoms with Crippen molar-refractivity contribution in [2.45, 2.75) is 17.2 Å². The molecule has 0 saturated heterocycles. The van der Waals surface area contributed by atoms with Crippen LogP contribution in [0, 0.1) is 0 Å². The number of anilines is 1. The minimum absolute atomic E-state index is 0.00737. The molecular formula is C18H17N7O3S. The molecule has 1 N–H and O–H groups in total. The summed E-state index contributed by atoms with van der Waals surface area (Å²) in [6.07, 6.45) is 3.21. The number of rotatable bonds is 7. The molecule has 10 nitrogen and oxygen atoms in total. The van der Waals surface area contributed by atoms with Gasteiger partial charge in [0.2, 0.25) is 11.8 Å². The summed E-state index contributed by atoms with van der Waals surface area (Å²) in [6, 6.07) is 7.17. The minimum Gasteiger partial charge on any atom is -0.495 e. The molecule has 0 spiro atoms. The fourth-order valence-corrected chi connectivity index (χ4v) is 3.49. The van der Waals surface area contributed by atoms with Crippen molar-refractivity contribution < 1.29 is 14.1 Å². The Hall–Kier alpha value is -3.47. The number of fused-ring (bicyclic) bond motifs is 1. The molecule has 29 heavy (non-hydrogen) atoms. The number of thioether (sulfide) groups is 1. The maximum absolute atomic E-state index is 12.3. The summed E-state index contributed by atoms with van der Waals surface area (Å²) in [5, 5.41) is 12.5. The third-order valence-corrected chi connectivity index (χ3v) is 5.03. The zero-order valence-corrected chi connectivity index (χ0v) is 16.5. The zero-order chi connectivity index (χ0) is 20.2. The molecule has 0 saturated carbocycles. The molecule has 0 aliphatic carbocycles. The second kappa shape index (κ2) is 8.27. The first-order valence-electron chi connectivity index (χ1n) is 8.64. The van der Waals surface area contributed by atoms with Crippen LogP contribution < -0.4 is 10.1 Å². The van der Waals surface area contributed by atoms with Crippen molar-refractivity contribution in [3.05, 3.63) is 48.5 Å². The van der Waals surface area contributed by atoms with Gasteiger partial charge < -0.3 is 14.6 Å². The van der Waals surface area contributed by atoms with E-state index in [-0.39, 0.29) is 12.3 Å². The van der Waals surface area contributed by atoms with Gasteiger partial charge in [-0.1, -0.05) is 29.1 Å². The molecule has 3 heterocycles. The number of ether oxygens (including phenoxy) is 1. The number of aromatic nitrogens is 6. The van der Waals surface area contributed by atoms with E-state index >= 15 is 0 Å². The monoisotopic (exact) mass is 411 g/mol. The van der Waals surface area contributed by atoms with Gasteiger partial charge in [0.05, 0.1) is 36.6 Å². The van der Waals surface area contributed by atoms with Crippen LogP contribution in [0.25, 0.3) is 11.0 Å².